The van der Waals surface area contributed by atoms with Gasteiger partial charge >= 0.3 is 5.97 Å². The van der Waals surface area contributed by atoms with E-state index in [0.717, 1.165) is 24.9 Å². The van der Waals surface area contributed by atoms with Crippen molar-refractivity contribution in [2.75, 3.05) is 6.54 Å². The van der Waals surface area contributed by atoms with Gasteiger partial charge in [-0.25, -0.2) is 4.98 Å². The van der Waals surface area contributed by atoms with Gasteiger partial charge in [0.1, 0.15) is 17.8 Å². The van der Waals surface area contributed by atoms with Gasteiger partial charge in [-0.3, -0.25) is 4.79 Å². The summed E-state index contributed by atoms with van der Waals surface area (Å²) in [6, 6.07) is 5.22. The number of carboxylic acid groups (broad SMARTS) is 1. The molecule has 2 unspecified atom stereocenters. The highest BCUT2D eigenvalue weighted by Crippen LogP contribution is 2.12. The van der Waals surface area contributed by atoms with Crippen molar-refractivity contribution in [3.8, 4) is 6.07 Å². The van der Waals surface area contributed by atoms with Crippen molar-refractivity contribution in [1.29, 1.82) is 5.26 Å². The van der Waals surface area contributed by atoms with E-state index < -0.39 is 5.97 Å². The zero-order chi connectivity index (χ0) is 14.3. The molecule has 2 heterocycles. The first-order valence-electron chi connectivity index (χ1n) is 6.32. The maximum absolute atomic E-state index is 10.4. The predicted molar refractivity (Wildman–Crippen MR) is 78.8 cm³/mol. The van der Waals surface area contributed by atoms with E-state index in [2.05, 4.69) is 17.2 Å². The van der Waals surface area contributed by atoms with Crippen molar-refractivity contribution >= 4 is 18.4 Å². The number of carboxylic acids is 1. The topological polar surface area (TPSA) is 86.0 Å². The molecular formula is C14H20ClN3O2. The third-order valence-electron chi connectivity index (χ3n) is 2.98. The second-order valence-corrected chi connectivity index (χ2v) is 4.81. The van der Waals surface area contributed by atoms with Crippen LogP contribution < -0.4 is 5.32 Å². The number of rotatable bonds is 1. The summed E-state index contributed by atoms with van der Waals surface area (Å²) >= 11 is 0. The highest BCUT2D eigenvalue weighted by atomic mass is 35.5. The zero-order valence-corrected chi connectivity index (χ0v) is 12.5. The second kappa shape index (κ2) is 9.29. The number of aryl methyl sites for hydroxylation is 1. The van der Waals surface area contributed by atoms with E-state index >= 15 is 0 Å². The van der Waals surface area contributed by atoms with Gasteiger partial charge in [-0.2, -0.15) is 5.26 Å². The van der Waals surface area contributed by atoms with Crippen molar-refractivity contribution in [3.05, 3.63) is 29.6 Å². The number of halogens is 1. The molecule has 1 saturated heterocycles. The summed E-state index contributed by atoms with van der Waals surface area (Å²) in [6.45, 7) is 4.91. The number of carbonyl (C=O) groups is 1. The van der Waals surface area contributed by atoms with Crippen LogP contribution >= 0.6 is 12.4 Å². The standard InChI is InChI=1S/C7H6N2.C7H13NO2.ClH/c1-6-2-3-7(4-8)9-5-6;1-5-2-3-6(7(9)10)8-4-5;/h2-3,5H,1H3;5-6,8H,2-4H2,1H3,(H,9,10);1H. The normalized spacial score (nSPS) is 20.6. The lowest BCUT2D eigenvalue weighted by Crippen LogP contribution is -2.43. The van der Waals surface area contributed by atoms with E-state index in [1.54, 1.807) is 12.3 Å². The van der Waals surface area contributed by atoms with Gasteiger partial charge in [-0.1, -0.05) is 13.0 Å². The monoisotopic (exact) mass is 297 g/mol. The Morgan fingerprint density at radius 2 is 2.20 bits per heavy atom. The maximum atomic E-state index is 10.4. The van der Waals surface area contributed by atoms with Gasteiger partial charge in [0.25, 0.3) is 0 Å². The van der Waals surface area contributed by atoms with Crippen LogP contribution in [0.2, 0.25) is 0 Å². The van der Waals surface area contributed by atoms with Gasteiger partial charge in [0.2, 0.25) is 0 Å². The summed E-state index contributed by atoms with van der Waals surface area (Å²) in [5.41, 5.74) is 1.55. The first-order valence-corrected chi connectivity index (χ1v) is 6.32. The molecule has 1 aromatic heterocycles. The van der Waals surface area contributed by atoms with Crippen molar-refractivity contribution in [1.82, 2.24) is 10.3 Å². The summed E-state index contributed by atoms with van der Waals surface area (Å²) in [5.74, 6) is -0.0810. The summed E-state index contributed by atoms with van der Waals surface area (Å²) in [5, 5.41) is 19.8. The Hall–Kier alpha value is -1.64. The molecule has 0 radical (unpaired) electrons. The molecule has 5 nitrogen and oxygen atoms in total. The van der Waals surface area contributed by atoms with Gasteiger partial charge in [0.05, 0.1) is 0 Å². The molecule has 1 aliphatic heterocycles. The molecular weight excluding hydrogens is 278 g/mol. The van der Waals surface area contributed by atoms with Crippen molar-refractivity contribution in [3.63, 3.8) is 0 Å². The lowest BCUT2D eigenvalue weighted by molar-refractivity contribution is -0.140. The Balaban J connectivity index is 0.000000345. The molecule has 2 rings (SSSR count). The quantitative estimate of drug-likeness (QED) is 0.829. The average molecular weight is 298 g/mol. The van der Waals surface area contributed by atoms with E-state index in [-0.39, 0.29) is 18.4 Å². The Morgan fingerprint density at radius 1 is 1.50 bits per heavy atom. The Kier molecular flexibility index (Phi) is 8.53. The van der Waals surface area contributed by atoms with Crippen molar-refractivity contribution in [2.24, 2.45) is 5.92 Å². The molecule has 1 aliphatic rings. The number of hydrogen-bond acceptors (Lipinski definition) is 4. The predicted octanol–water partition coefficient (Wildman–Crippen LogP) is 2.14. The van der Waals surface area contributed by atoms with Gasteiger partial charge in [0.15, 0.2) is 0 Å². The lowest BCUT2D eigenvalue weighted by atomic mass is 9.97. The van der Waals surface area contributed by atoms with E-state index in [9.17, 15) is 4.79 Å². The Bertz CT molecular complexity index is 448. The molecule has 2 N–H and O–H groups in total. The number of piperidine rings is 1. The largest absolute Gasteiger partial charge is 0.480 e. The van der Waals surface area contributed by atoms with Crippen LogP contribution in [0, 0.1) is 24.2 Å². The number of aromatic nitrogens is 1. The first kappa shape index (κ1) is 18.4. The number of pyridine rings is 1. The number of nitriles is 1. The minimum Gasteiger partial charge on any atom is -0.480 e. The summed E-state index contributed by atoms with van der Waals surface area (Å²) in [4.78, 5) is 14.2. The van der Waals surface area contributed by atoms with Gasteiger partial charge in [0, 0.05) is 6.20 Å². The minimum atomic E-state index is -0.716. The third-order valence-corrected chi connectivity index (χ3v) is 2.98. The molecule has 2 atom stereocenters. The number of nitrogens with zero attached hydrogens (tertiary/aromatic N) is 2. The molecule has 6 heteroatoms. The summed E-state index contributed by atoms with van der Waals surface area (Å²) < 4.78 is 0. The van der Waals surface area contributed by atoms with E-state index in [0.29, 0.717) is 11.6 Å². The molecule has 1 aromatic rings. The highest BCUT2D eigenvalue weighted by molar-refractivity contribution is 5.85. The van der Waals surface area contributed by atoms with Gasteiger partial charge < -0.3 is 10.4 Å². The minimum absolute atomic E-state index is 0. The fourth-order valence-electron chi connectivity index (χ4n) is 1.74. The first-order chi connectivity index (χ1) is 9.02. The molecule has 0 aromatic carbocycles. The molecule has 110 valence electrons. The molecule has 20 heavy (non-hydrogen) atoms. The number of aliphatic carboxylic acids is 1. The van der Waals surface area contributed by atoms with E-state index in [1.165, 1.54) is 0 Å². The lowest BCUT2D eigenvalue weighted by Gasteiger charge is -2.24. The summed E-state index contributed by atoms with van der Waals surface area (Å²) in [7, 11) is 0. The third kappa shape index (κ3) is 6.50. The molecule has 0 aliphatic carbocycles. The fourth-order valence-corrected chi connectivity index (χ4v) is 1.74. The number of hydrogen-bond donors (Lipinski definition) is 2. The summed E-state index contributed by atoms with van der Waals surface area (Å²) in [6.07, 6.45) is 3.49. The molecule has 0 bridgehead atoms. The van der Waals surface area contributed by atoms with Crippen LogP contribution in [0.25, 0.3) is 0 Å². The van der Waals surface area contributed by atoms with Crippen molar-refractivity contribution < 1.29 is 9.90 Å². The maximum Gasteiger partial charge on any atom is 0.320 e. The van der Waals surface area contributed by atoms with Gasteiger partial charge in [-0.05, 0) is 43.9 Å². The van der Waals surface area contributed by atoms with E-state index in [1.807, 2.05) is 19.1 Å². The molecule has 0 spiro atoms. The molecule has 1 fully saturated rings. The van der Waals surface area contributed by atoms with Crippen LogP contribution in [-0.4, -0.2) is 28.6 Å². The Labute approximate surface area is 125 Å². The van der Waals surface area contributed by atoms with Crippen LogP contribution in [-0.2, 0) is 4.79 Å². The van der Waals surface area contributed by atoms with Crippen LogP contribution in [0.4, 0.5) is 0 Å². The SMILES string of the molecule is CC1CCC(C(=O)O)NC1.Cc1ccc(C#N)nc1.Cl. The zero-order valence-electron chi connectivity index (χ0n) is 11.7. The Morgan fingerprint density at radius 3 is 2.60 bits per heavy atom. The van der Waals surface area contributed by atoms with Crippen LogP contribution in [0.3, 0.4) is 0 Å². The molecule has 0 amide bonds. The van der Waals surface area contributed by atoms with Gasteiger partial charge in [-0.15, -0.1) is 12.4 Å². The van der Waals surface area contributed by atoms with E-state index in [4.69, 9.17) is 10.4 Å². The van der Waals surface area contributed by atoms with Crippen LogP contribution in [0.1, 0.15) is 31.0 Å². The smallest absolute Gasteiger partial charge is 0.320 e. The average Bonchev–Trinajstić information content (AvgIpc) is 2.41. The van der Waals surface area contributed by atoms with Crippen LogP contribution in [0.15, 0.2) is 18.3 Å². The fraction of sp³-hybridized carbons (Fsp3) is 0.500. The number of nitrogens with one attached hydrogen (secondary N) is 1. The second-order valence-electron chi connectivity index (χ2n) is 4.81. The van der Waals surface area contributed by atoms with Crippen LogP contribution in [0.5, 0.6) is 0 Å². The highest BCUT2D eigenvalue weighted by Gasteiger charge is 2.22. The molecule has 0 saturated carbocycles. The van der Waals surface area contributed by atoms with Crippen molar-refractivity contribution in [2.45, 2.75) is 32.7 Å².